The number of imidazole rings is 1. The zero-order valence-electron chi connectivity index (χ0n) is 15.7. The molecule has 1 aromatic heterocycles. The van der Waals surface area contributed by atoms with Gasteiger partial charge in [0.15, 0.2) is 0 Å². The fourth-order valence-corrected chi connectivity index (χ4v) is 3.91. The van der Waals surface area contributed by atoms with Gasteiger partial charge in [-0.05, 0) is 31.0 Å². The molecule has 1 amide bonds. The Morgan fingerprint density at radius 3 is 2.43 bits per heavy atom. The maximum absolute atomic E-state index is 12.3. The molecule has 2 saturated heterocycles. The van der Waals surface area contributed by atoms with Crippen LogP contribution in [0.25, 0.3) is 5.69 Å². The van der Waals surface area contributed by atoms with Crippen molar-refractivity contribution in [1.29, 1.82) is 0 Å². The molecule has 0 radical (unpaired) electrons. The van der Waals surface area contributed by atoms with E-state index in [1.54, 1.807) is 0 Å². The molecule has 2 aliphatic rings. The summed E-state index contributed by atoms with van der Waals surface area (Å²) in [5.41, 5.74) is 1.01. The molecule has 28 heavy (non-hydrogen) atoms. The number of carbonyl (C=O) groups is 1. The second kappa shape index (κ2) is 10.3. The van der Waals surface area contributed by atoms with Gasteiger partial charge in [-0.2, -0.15) is 0 Å². The van der Waals surface area contributed by atoms with Crippen LogP contribution in [-0.4, -0.2) is 71.1 Å². The zero-order chi connectivity index (χ0) is 17.9. The average molecular weight is 447 g/mol. The van der Waals surface area contributed by atoms with Gasteiger partial charge in [0, 0.05) is 62.4 Å². The van der Waals surface area contributed by atoms with Crippen LogP contribution in [-0.2, 0) is 4.79 Å². The minimum absolute atomic E-state index is 0. The molecule has 4 rings (SSSR count). The molecule has 0 saturated carbocycles. The quantitative estimate of drug-likeness (QED) is 0.724. The first-order valence-corrected chi connectivity index (χ1v) is 9.63. The molecule has 1 aromatic carbocycles. The molecule has 154 valence electrons. The van der Waals surface area contributed by atoms with Gasteiger partial charge in [0.25, 0.3) is 0 Å². The molecule has 0 atom stereocenters. The van der Waals surface area contributed by atoms with E-state index < -0.39 is 0 Å². The molecule has 0 aliphatic carbocycles. The summed E-state index contributed by atoms with van der Waals surface area (Å²) in [6.45, 7) is 5.88. The van der Waals surface area contributed by atoms with E-state index in [-0.39, 0.29) is 30.7 Å². The van der Waals surface area contributed by atoms with Crippen molar-refractivity contribution >= 4 is 48.3 Å². The van der Waals surface area contributed by atoms with Crippen molar-refractivity contribution in [2.45, 2.75) is 12.8 Å². The molecule has 9 heteroatoms. The lowest BCUT2D eigenvalue weighted by molar-refractivity contribution is -0.131. The lowest BCUT2D eigenvalue weighted by Gasteiger charge is -2.35. The summed E-state index contributed by atoms with van der Waals surface area (Å²) in [7, 11) is 0. The molecule has 0 unspecified atom stereocenters. The van der Waals surface area contributed by atoms with E-state index in [1.165, 1.54) is 0 Å². The number of likely N-dealkylation sites (tertiary alicyclic amines) is 1. The summed E-state index contributed by atoms with van der Waals surface area (Å²) in [4.78, 5) is 23.4. The maximum atomic E-state index is 12.3. The fourth-order valence-electron chi connectivity index (χ4n) is 3.72. The Morgan fingerprint density at radius 1 is 1.04 bits per heavy atom. The van der Waals surface area contributed by atoms with Gasteiger partial charge in [-0.15, -0.1) is 24.8 Å². The largest absolute Gasteiger partial charge is 0.342 e. The van der Waals surface area contributed by atoms with E-state index >= 15 is 0 Å². The van der Waals surface area contributed by atoms with Crippen LogP contribution in [0, 0.1) is 0 Å². The van der Waals surface area contributed by atoms with E-state index in [0.29, 0.717) is 11.6 Å². The van der Waals surface area contributed by atoms with Crippen molar-refractivity contribution < 1.29 is 4.79 Å². The van der Waals surface area contributed by atoms with Gasteiger partial charge in [0.1, 0.15) is 0 Å². The number of benzene rings is 1. The van der Waals surface area contributed by atoms with Crippen molar-refractivity contribution in [2.75, 3.05) is 50.7 Å². The monoisotopic (exact) mass is 445 g/mol. The predicted octanol–water partition coefficient (Wildman–Crippen LogP) is 3.11. The normalized spacial score (nSPS) is 17.2. The van der Waals surface area contributed by atoms with Crippen LogP contribution in [0.5, 0.6) is 0 Å². The minimum atomic E-state index is 0. The number of aromatic nitrogens is 2. The van der Waals surface area contributed by atoms with Crippen LogP contribution >= 0.6 is 36.4 Å². The zero-order valence-corrected chi connectivity index (χ0v) is 18.1. The average Bonchev–Trinajstić information content (AvgIpc) is 3.34. The first-order chi connectivity index (χ1) is 12.7. The Hall–Kier alpha value is -1.47. The topological polar surface area (TPSA) is 44.6 Å². The van der Waals surface area contributed by atoms with Crippen LogP contribution in [0.4, 0.5) is 5.95 Å². The van der Waals surface area contributed by atoms with Crippen LogP contribution in [0.3, 0.4) is 0 Å². The van der Waals surface area contributed by atoms with Gasteiger partial charge < -0.3 is 9.80 Å². The second-order valence-corrected chi connectivity index (χ2v) is 7.36. The fraction of sp³-hybridized carbons (Fsp3) is 0.474. The molecule has 2 aliphatic heterocycles. The molecule has 0 spiro atoms. The molecular weight excluding hydrogens is 421 g/mol. The van der Waals surface area contributed by atoms with Gasteiger partial charge >= 0.3 is 0 Å². The van der Waals surface area contributed by atoms with E-state index in [4.69, 9.17) is 11.6 Å². The number of piperazine rings is 1. The van der Waals surface area contributed by atoms with E-state index in [9.17, 15) is 4.79 Å². The van der Waals surface area contributed by atoms with E-state index in [0.717, 1.165) is 63.7 Å². The third kappa shape index (κ3) is 5.11. The van der Waals surface area contributed by atoms with E-state index in [1.807, 2.05) is 41.6 Å². The summed E-state index contributed by atoms with van der Waals surface area (Å²) in [5.74, 6) is 1.20. The summed E-state index contributed by atoms with van der Waals surface area (Å²) in [5, 5.41) is 0.715. The molecule has 2 fully saturated rings. The van der Waals surface area contributed by atoms with Crippen LogP contribution < -0.4 is 4.90 Å². The Bertz CT molecular complexity index is 770. The number of amides is 1. The van der Waals surface area contributed by atoms with E-state index in [2.05, 4.69) is 19.4 Å². The highest BCUT2D eigenvalue weighted by atomic mass is 35.5. The van der Waals surface area contributed by atoms with Crippen molar-refractivity contribution in [2.24, 2.45) is 0 Å². The number of rotatable bonds is 4. The summed E-state index contributed by atoms with van der Waals surface area (Å²) in [6, 6.07) is 7.79. The minimum Gasteiger partial charge on any atom is -0.342 e. The lowest BCUT2D eigenvalue weighted by Crippen LogP contribution is -2.50. The van der Waals surface area contributed by atoms with Gasteiger partial charge in [-0.25, -0.2) is 4.98 Å². The Morgan fingerprint density at radius 2 is 1.75 bits per heavy atom. The molecule has 6 nitrogen and oxygen atoms in total. The van der Waals surface area contributed by atoms with Crippen LogP contribution in [0.2, 0.25) is 5.02 Å². The smallest absolute Gasteiger partial charge is 0.236 e. The van der Waals surface area contributed by atoms with Crippen molar-refractivity contribution in [3.63, 3.8) is 0 Å². The third-order valence-corrected chi connectivity index (χ3v) is 5.42. The summed E-state index contributed by atoms with van der Waals surface area (Å²) < 4.78 is 2.07. The van der Waals surface area contributed by atoms with Crippen LogP contribution in [0.15, 0.2) is 36.7 Å². The first-order valence-electron chi connectivity index (χ1n) is 9.25. The van der Waals surface area contributed by atoms with Gasteiger partial charge in [-0.1, -0.05) is 17.7 Å². The van der Waals surface area contributed by atoms with Gasteiger partial charge in [0.2, 0.25) is 11.9 Å². The van der Waals surface area contributed by atoms with Crippen molar-refractivity contribution in [3.05, 3.63) is 41.7 Å². The molecule has 0 bridgehead atoms. The number of hydrogen-bond acceptors (Lipinski definition) is 4. The van der Waals surface area contributed by atoms with Crippen molar-refractivity contribution in [1.82, 2.24) is 19.4 Å². The first kappa shape index (κ1) is 22.8. The summed E-state index contributed by atoms with van der Waals surface area (Å²) in [6.07, 6.45) is 6.07. The Labute approximate surface area is 183 Å². The number of nitrogens with zero attached hydrogens (tertiary/aromatic N) is 5. The summed E-state index contributed by atoms with van der Waals surface area (Å²) >= 11 is 6.13. The van der Waals surface area contributed by atoms with Crippen LogP contribution in [0.1, 0.15) is 12.8 Å². The van der Waals surface area contributed by atoms with Gasteiger partial charge in [-0.3, -0.25) is 14.3 Å². The number of hydrogen-bond donors (Lipinski definition) is 0. The highest BCUT2D eigenvalue weighted by molar-refractivity contribution is 6.30. The second-order valence-electron chi connectivity index (χ2n) is 6.93. The predicted molar refractivity (Wildman–Crippen MR) is 118 cm³/mol. The lowest BCUT2D eigenvalue weighted by atomic mass is 10.3. The molecular formula is C19H26Cl3N5O. The van der Waals surface area contributed by atoms with Crippen molar-refractivity contribution in [3.8, 4) is 5.69 Å². The highest BCUT2D eigenvalue weighted by Gasteiger charge is 2.25. The Balaban J connectivity index is 0.00000140. The molecule has 2 aromatic rings. The number of anilines is 1. The number of halogens is 3. The number of carbonyl (C=O) groups excluding carboxylic acids is 1. The maximum Gasteiger partial charge on any atom is 0.236 e. The highest BCUT2D eigenvalue weighted by Crippen LogP contribution is 2.22. The Kier molecular flexibility index (Phi) is 8.43. The molecule has 3 heterocycles. The SMILES string of the molecule is Cl.Cl.O=C(CN1CCN(c2nccn2-c2cccc(Cl)c2)CC1)N1CCCC1. The third-order valence-electron chi connectivity index (χ3n) is 5.18. The van der Waals surface area contributed by atoms with Gasteiger partial charge in [0.05, 0.1) is 6.54 Å². The molecule has 0 N–H and O–H groups in total. The standard InChI is InChI=1S/C19H24ClN5O.2ClH/c20-16-4-3-5-17(14-16)25-9-6-21-19(25)24-12-10-22(11-13-24)15-18(26)23-7-1-2-8-23;;/h3-6,9,14H,1-2,7-8,10-13,15H2;2*1H.